The van der Waals surface area contributed by atoms with E-state index in [0.29, 0.717) is 17.9 Å². The molecule has 0 aromatic heterocycles. The number of unbranched alkanes of at least 4 members (excludes halogenated alkanes) is 1. The average Bonchev–Trinajstić information content (AvgIpc) is 2.95. The molecule has 0 atom stereocenters. The molecule has 0 spiro atoms. The van der Waals surface area contributed by atoms with Gasteiger partial charge in [0.05, 0.1) is 11.5 Å². The largest absolute Gasteiger partial charge is 0.494 e. The number of benzene rings is 1. The van der Waals surface area contributed by atoms with E-state index >= 15 is 0 Å². The van der Waals surface area contributed by atoms with Gasteiger partial charge in [0.1, 0.15) is 5.75 Å². The van der Waals surface area contributed by atoms with Gasteiger partial charge in [-0.15, -0.1) is 0 Å². The maximum atomic E-state index is 10.7. The van der Waals surface area contributed by atoms with Gasteiger partial charge in [-0.25, -0.2) is 0 Å². The monoisotopic (exact) mass is 292 g/mol. The van der Waals surface area contributed by atoms with Gasteiger partial charge < -0.3 is 10.1 Å². The zero-order valence-electron chi connectivity index (χ0n) is 12.6. The molecular weight excluding hydrogens is 268 g/mol. The quantitative estimate of drug-likeness (QED) is 0.452. The molecule has 21 heavy (non-hydrogen) atoms. The van der Waals surface area contributed by atoms with E-state index in [-0.39, 0.29) is 10.6 Å². The van der Waals surface area contributed by atoms with E-state index in [1.54, 1.807) is 19.1 Å². The fraction of sp³-hybridized carbons (Fsp3) is 0.625. The number of aryl methyl sites for hydroxylation is 1. The van der Waals surface area contributed by atoms with E-state index in [2.05, 4.69) is 5.32 Å². The van der Waals surface area contributed by atoms with Crippen molar-refractivity contribution in [3.05, 3.63) is 33.9 Å². The van der Waals surface area contributed by atoms with Crippen molar-refractivity contribution in [2.45, 2.75) is 51.5 Å². The molecule has 1 N–H and O–H groups in total. The van der Waals surface area contributed by atoms with Crippen LogP contribution in [0.25, 0.3) is 0 Å². The Morgan fingerprint density at radius 1 is 1.33 bits per heavy atom. The maximum Gasteiger partial charge on any atom is 0.272 e. The molecule has 1 aliphatic carbocycles. The Morgan fingerprint density at radius 3 is 2.76 bits per heavy atom. The number of nitro benzene ring substituents is 1. The normalized spacial score (nSPS) is 15.3. The van der Waals surface area contributed by atoms with Gasteiger partial charge in [0, 0.05) is 17.7 Å². The molecular formula is C16H24N2O3. The maximum absolute atomic E-state index is 10.7. The molecule has 1 fully saturated rings. The van der Waals surface area contributed by atoms with Crippen molar-refractivity contribution < 1.29 is 9.66 Å². The van der Waals surface area contributed by atoms with Crippen LogP contribution in [0.1, 0.15) is 44.1 Å². The van der Waals surface area contributed by atoms with E-state index in [9.17, 15) is 10.1 Å². The molecule has 116 valence electrons. The molecule has 0 bridgehead atoms. The van der Waals surface area contributed by atoms with Crippen molar-refractivity contribution in [1.29, 1.82) is 0 Å². The number of nitrogens with one attached hydrogen (secondary N) is 1. The minimum absolute atomic E-state index is 0.142. The van der Waals surface area contributed by atoms with Gasteiger partial charge in [0.2, 0.25) is 0 Å². The third kappa shape index (κ3) is 5.01. The molecule has 1 aliphatic rings. The Morgan fingerprint density at radius 2 is 2.10 bits per heavy atom. The summed E-state index contributed by atoms with van der Waals surface area (Å²) in [5.41, 5.74) is 0.781. The lowest BCUT2D eigenvalue weighted by Gasteiger charge is -2.11. The molecule has 2 rings (SSSR count). The standard InChI is InChI=1S/C16H24N2O3/c1-13-12-15(8-9-16(13)18(19)20)21-11-5-4-10-17-14-6-2-3-7-14/h8-9,12,14,17H,2-7,10-11H2,1H3. The summed E-state index contributed by atoms with van der Waals surface area (Å²) in [6.07, 6.45) is 7.45. The molecule has 0 heterocycles. The number of nitro groups is 1. The average molecular weight is 292 g/mol. The first kappa shape index (κ1) is 15.8. The smallest absolute Gasteiger partial charge is 0.272 e. The second-order valence-electron chi connectivity index (χ2n) is 5.70. The molecule has 1 aromatic rings. The van der Waals surface area contributed by atoms with Gasteiger partial charge in [0.15, 0.2) is 0 Å². The van der Waals surface area contributed by atoms with E-state index < -0.39 is 0 Å². The molecule has 5 heteroatoms. The van der Waals surface area contributed by atoms with Gasteiger partial charge in [-0.3, -0.25) is 10.1 Å². The van der Waals surface area contributed by atoms with Crippen LogP contribution in [0.2, 0.25) is 0 Å². The van der Waals surface area contributed by atoms with Crippen LogP contribution < -0.4 is 10.1 Å². The lowest BCUT2D eigenvalue weighted by molar-refractivity contribution is -0.385. The Balaban J connectivity index is 1.62. The van der Waals surface area contributed by atoms with Crippen LogP contribution in [0.15, 0.2) is 18.2 Å². The van der Waals surface area contributed by atoms with Crippen molar-refractivity contribution in [2.75, 3.05) is 13.2 Å². The highest BCUT2D eigenvalue weighted by Crippen LogP contribution is 2.23. The predicted molar refractivity (Wildman–Crippen MR) is 82.8 cm³/mol. The SMILES string of the molecule is Cc1cc(OCCCCNC2CCCC2)ccc1[N+](=O)[O-]. The Kier molecular flexibility index (Phi) is 5.99. The van der Waals surface area contributed by atoms with Crippen LogP contribution in [0.3, 0.4) is 0 Å². The van der Waals surface area contributed by atoms with Crippen LogP contribution in [0.5, 0.6) is 5.75 Å². The van der Waals surface area contributed by atoms with E-state index in [0.717, 1.165) is 25.4 Å². The first-order valence-electron chi connectivity index (χ1n) is 7.78. The third-order valence-corrected chi connectivity index (χ3v) is 3.99. The third-order valence-electron chi connectivity index (χ3n) is 3.99. The van der Waals surface area contributed by atoms with E-state index in [1.165, 1.54) is 31.7 Å². The molecule has 0 saturated heterocycles. The fourth-order valence-electron chi connectivity index (χ4n) is 2.78. The highest BCUT2D eigenvalue weighted by atomic mass is 16.6. The molecule has 5 nitrogen and oxygen atoms in total. The zero-order chi connectivity index (χ0) is 15.1. The van der Waals surface area contributed by atoms with E-state index in [1.807, 2.05) is 0 Å². The number of hydrogen-bond acceptors (Lipinski definition) is 4. The second-order valence-corrected chi connectivity index (χ2v) is 5.70. The Hall–Kier alpha value is -1.62. The van der Waals surface area contributed by atoms with Crippen LogP contribution in [-0.2, 0) is 0 Å². The van der Waals surface area contributed by atoms with Crippen molar-refractivity contribution in [1.82, 2.24) is 5.32 Å². The van der Waals surface area contributed by atoms with Gasteiger partial charge in [-0.1, -0.05) is 12.8 Å². The molecule has 1 saturated carbocycles. The van der Waals surface area contributed by atoms with Crippen molar-refractivity contribution >= 4 is 5.69 Å². The minimum Gasteiger partial charge on any atom is -0.494 e. The van der Waals surface area contributed by atoms with Gasteiger partial charge in [-0.05, 0) is 51.3 Å². The van der Waals surface area contributed by atoms with Crippen molar-refractivity contribution in [3.8, 4) is 5.75 Å². The first-order chi connectivity index (χ1) is 10.2. The fourth-order valence-corrected chi connectivity index (χ4v) is 2.78. The van der Waals surface area contributed by atoms with Crippen molar-refractivity contribution in [3.63, 3.8) is 0 Å². The summed E-state index contributed by atoms with van der Waals surface area (Å²) >= 11 is 0. The zero-order valence-corrected chi connectivity index (χ0v) is 12.6. The van der Waals surface area contributed by atoms with Gasteiger partial charge in [0.25, 0.3) is 5.69 Å². The number of rotatable bonds is 8. The summed E-state index contributed by atoms with van der Waals surface area (Å²) in [6, 6.07) is 5.63. The van der Waals surface area contributed by atoms with Gasteiger partial charge >= 0.3 is 0 Å². The number of ether oxygens (including phenoxy) is 1. The summed E-state index contributed by atoms with van der Waals surface area (Å²) in [5, 5.41) is 14.3. The molecule has 0 aliphatic heterocycles. The predicted octanol–water partition coefficient (Wildman–Crippen LogP) is 3.59. The molecule has 0 radical (unpaired) electrons. The van der Waals surface area contributed by atoms with Gasteiger partial charge in [-0.2, -0.15) is 0 Å². The summed E-state index contributed by atoms with van der Waals surface area (Å²) in [7, 11) is 0. The number of hydrogen-bond donors (Lipinski definition) is 1. The minimum atomic E-state index is -0.367. The topological polar surface area (TPSA) is 64.4 Å². The summed E-state index contributed by atoms with van der Waals surface area (Å²) in [4.78, 5) is 10.4. The van der Waals surface area contributed by atoms with Crippen LogP contribution in [0.4, 0.5) is 5.69 Å². The molecule has 0 amide bonds. The van der Waals surface area contributed by atoms with Crippen LogP contribution in [-0.4, -0.2) is 24.1 Å². The van der Waals surface area contributed by atoms with Crippen molar-refractivity contribution in [2.24, 2.45) is 0 Å². The summed E-state index contributed by atoms with van der Waals surface area (Å²) < 4.78 is 5.64. The summed E-state index contributed by atoms with van der Waals surface area (Å²) in [5.74, 6) is 0.710. The Bertz CT molecular complexity index is 471. The summed E-state index contributed by atoms with van der Waals surface area (Å²) in [6.45, 7) is 3.44. The highest BCUT2D eigenvalue weighted by Gasteiger charge is 2.13. The first-order valence-corrected chi connectivity index (χ1v) is 7.78. The van der Waals surface area contributed by atoms with Crippen LogP contribution >= 0.6 is 0 Å². The lowest BCUT2D eigenvalue weighted by atomic mass is 10.2. The Labute approximate surface area is 125 Å². The van der Waals surface area contributed by atoms with E-state index in [4.69, 9.17) is 4.74 Å². The lowest BCUT2D eigenvalue weighted by Crippen LogP contribution is -2.27. The highest BCUT2D eigenvalue weighted by molar-refractivity contribution is 5.44. The van der Waals surface area contributed by atoms with Crippen LogP contribution in [0, 0.1) is 17.0 Å². The second kappa shape index (κ2) is 7.98. The number of nitrogens with zero attached hydrogens (tertiary/aromatic N) is 1. The molecule has 0 unspecified atom stereocenters. The molecule has 1 aromatic carbocycles.